The molecule has 2 amide bonds. The Balaban J connectivity index is 1.93. The highest BCUT2D eigenvalue weighted by atomic mass is 35.5. The van der Waals surface area contributed by atoms with Crippen molar-refractivity contribution in [2.75, 3.05) is 20.3 Å². The first-order chi connectivity index (χ1) is 13.3. The van der Waals surface area contributed by atoms with Crippen molar-refractivity contribution in [2.45, 2.75) is 27.2 Å². The number of carbonyl (C=O) groups excluding carboxylic acids is 2. The number of aryl methyl sites for hydroxylation is 2. The van der Waals surface area contributed by atoms with Crippen LogP contribution in [-0.2, 0) is 9.53 Å². The van der Waals surface area contributed by atoms with Crippen molar-refractivity contribution in [3.8, 4) is 5.69 Å². The molecule has 1 aromatic carbocycles. The predicted octanol–water partition coefficient (Wildman–Crippen LogP) is 5.13. The number of hydrogen-bond donors (Lipinski definition) is 0. The standard InChI is InChI=1S/C21H23ClN2O3S/c1-13-6-7-17(22)12-18(13)24-14(2)10-16(15(24)3)11-19-20(25)23(21(26)28-19)8-5-9-27-4/h6-7,10-12H,5,8-9H2,1-4H3/b19-11+. The third kappa shape index (κ3) is 4.04. The van der Waals surface area contributed by atoms with Crippen LogP contribution in [0.3, 0.4) is 0 Å². The summed E-state index contributed by atoms with van der Waals surface area (Å²) in [5.74, 6) is -0.241. The summed E-state index contributed by atoms with van der Waals surface area (Å²) in [6, 6.07) is 7.82. The van der Waals surface area contributed by atoms with Gasteiger partial charge in [0.2, 0.25) is 0 Å². The number of benzene rings is 1. The normalized spacial score (nSPS) is 15.9. The van der Waals surface area contributed by atoms with Crippen molar-refractivity contribution < 1.29 is 14.3 Å². The van der Waals surface area contributed by atoms with Gasteiger partial charge >= 0.3 is 0 Å². The van der Waals surface area contributed by atoms with Gasteiger partial charge in [0, 0.05) is 42.4 Å². The SMILES string of the molecule is COCCCN1C(=O)S/C(=C/c2cc(C)n(-c3cc(Cl)ccc3C)c2C)C1=O. The summed E-state index contributed by atoms with van der Waals surface area (Å²) in [4.78, 5) is 26.6. The minimum atomic E-state index is -0.241. The van der Waals surface area contributed by atoms with Gasteiger partial charge in [-0.1, -0.05) is 17.7 Å². The maximum atomic E-state index is 12.6. The maximum Gasteiger partial charge on any atom is 0.293 e. The van der Waals surface area contributed by atoms with E-state index < -0.39 is 0 Å². The Labute approximate surface area is 174 Å². The van der Waals surface area contributed by atoms with Gasteiger partial charge in [-0.05, 0) is 74.4 Å². The van der Waals surface area contributed by atoms with E-state index in [1.54, 1.807) is 13.2 Å². The summed E-state index contributed by atoms with van der Waals surface area (Å²) in [5, 5.41) is 0.443. The number of ether oxygens (including phenoxy) is 1. The molecule has 0 aliphatic carbocycles. The first-order valence-electron chi connectivity index (χ1n) is 9.03. The number of amides is 2. The highest BCUT2D eigenvalue weighted by Gasteiger charge is 2.34. The smallest absolute Gasteiger partial charge is 0.293 e. The fraction of sp³-hybridized carbons (Fsp3) is 0.333. The molecule has 28 heavy (non-hydrogen) atoms. The number of nitrogens with zero attached hydrogens (tertiary/aromatic N) is 2. The zero-order valence-electron chi connectivity index (χ0n) is 16.4. The second-order valence-corrected chi connectivity index (χ2v) is 8.20. The van der Waals surface area contributed by atoms with Crippen LogP contribution in [0.4, 0.5) is 4.79 Å². The van der Waals surface area contributed by atoms with Gasteiger partial charge in [0.15, 0.2) is 0 Å². The molecular weight excluding hydrogens is 396 g/mol. The van der Waals surface area contributed by atoms with Gasteiger partial charge in [-0.25, -0.2) is 0 Å². The predicted molar refractivity (Wildman–Crippen MR) is 114 cm³/mol. The van der Waals surface area contributed by atoms with Gasteiger partial charge in [0.25, 0.3) is 11.1 Å². The fourth-order valence-corrected chi connectivity index (χ4v) is 4.35. The van der Waals surface area contributed by atoms with E-state index in [2.05, 4.69) is 4.57 Å². The lowest BCUT2D eigenvalue weighted by molar-refractivity contribution is -0.122. The maximum absolute atomic E-state index is 12.6. The number of halogens is 1. The summed E-state index contributed by atoms with van der Waals surface area (Å²) in [6.07, 6.45) is 2.43. The third-order valence-electron chi connectivity index (χ3n) is 4.77. The van der Waals surface area contributed by atoms with Gasteiger partial charge in [0.1, 0.15) is 0 Å². The molecule has 0 radical (unpaired) electrons. The van der Waals surface area contributed by atoms with E-state index in [0.717, 1.165) is 40.0 Å². The van der Waals surface area contributed by atoms with Crippen LogP contribution in [0.5, 0.6) is 0 Å². The highest BCUT2D eigenvalue weighted by molar-refractivity contribution is 8.18. The van der Waals surface area contributed by atoms with E-state index in [4.69, 9.17) is 16.3 Å². The molecule has 0 unspecified atom stereocenters. The molecule has 7 heteroatoms. The molecule has 0 spiro atoms. The largest absolute Gasteiger partial charge is 0.385 e. The minimum Gasteiger partial charge on any atom is -0.385 e. The lowest BCUT2D eigenvalue weighted by Gasteiger charge is -2.13. The molecule has 3 rings (SSSR count). The van der Waals surface area contributed by atoms with Crippen molar-refractivity contribution in [1.29, 1.82) is 0 Å². The van der Waals surface area contributed by atoms with Crippen LogP contribution in [0.25, 0.3) is 11.8 Å². The first-order valence-corrected chi connectivity index (χ1v) is 10.2. The molecule has 0 N–H and O–H groups in total. The monoisotopic (exact) mass is 418 g/mol. The first kappa shape index (κ1) is 20.7. The number of methoxy groups -OCH3 is 1. The Morgan fingerprint density at radius 1 is 1.18 bits per heavy atom. The average molecular weight is 419 g/mol. The van der Waals surface area contributed by atoms with Crippen molar-refractivity contribution in [3.63, 3.8) is 0 Å². The number of rotatable bonds is 6. The zero-order chi connectivity index (χ0) is 20.4. The summed E-state index contributed by atoms with van der Waals surface area (Å²) in [5.41, 5.74) is 5.06. The second kappa shape index (κ2) is 8.55. The number of aromatic nitrogens is 1. The van der Waals surface area contributed by atoms with E-state index >= 15 is 0 Å². The Morgan fingerprint density at radius 3 is 2.64 bits per heavy atom. The minimum absolute atomic E-state index is 0.230. The molecular formula is C21H23ClN2O3S. The van der Waals surface area contributed by atoms with Gasteiger partial charge in [-0.3, -0.25) is 14.5 Å². The molecule has 1 aliphatic heterocycles. The molecule has 1 saturated heterocycles. The summed E-state index contributed by atoms with van der Waals surface area (Å²) < 4.78 is 7.12. The van der Waals surface area contributed by atoms with Crippen LogP contribution >= 0.6 is 23.4 Å². The lowest BCUT2D eigenvalue weighted by atomic mass is 10.2. The molecule has 148 valence electrons. The third-order valence-corrected chi connectivity index (χ3v) is 5.92. The van der Waals surface area contributed by atoms with Crippen LogP contribution in [0.1, 0.15) is 28.9 Å². The van der Waals surface area contributed by atoms with Gasteiger partial charge < -0.3 is 9.30 Å². The Morgan fingerprint density at radius 2 is 1.93 bits per heavy atom. The van der Waals surface area contributed by atoms with Crippen LogP contribution in [0.2, 0.25) is 5.02 Å². The Bertz CT molecular complexity index is 965. The number of hydrogen-bond acceptors (Lipinski definition) is 4. The van der Waals surface area contributed by atoms with E-state index in [9.17, 15) is 9.59 Å². The quantitative estimate of drug-likeness (QED) is 0.482. The van der Waals surface area contributed by atoms with Crippen molar-refractivity contribution in [1.82, 2.24) is 9.47 Å². The highest BCUT2D eigenvalue weighted by Crippen LogP contribution is 2.34. The molecule has 0 bridgehead atoms. The fourth-order valence-electron chi connectivity index (χ4n) is 3.33. The molecule has 5 nitrogen and oxygen atoms in total. The molecule has 2 heterocycles. The van der Waals surface area contributed by atoms with E-state index in [1.807, 2.05) is 45.0 Å². The van der Waals surface area contributed by atoms with E-state index in [1.165, 1.54) is 4.90 Å². The van der Waals surface area contributed by atoms with Gasteiger partial charge in [-0.15, -0.1) is 0 Å². The molecule has 0 saturated carbocycles. The van der Waals surface area contributed by atoms with Crippen LogP contribution in [0.15, 0.2) is 29.2 Å². The summed E-state index contributed by atoms with van der Waals surface area (Å²) in [6.45, 7) is 6.94. The van der Waals surface area contributed by atoms with E-state index in [-0.39, 0.29) is 11.1 Å². The molecule has 1 aromatic heterocycles. The van der Waals surface area contributed by atoms with Crippen molar-refractivity contribution >= 4 is 40.6 Å². The molecule has 2 aromatic rings. The molecule has 1 fully saturated rings. The van der Waals surface area contributed by atoms with Crippen LogP contribution in [-0.4, -0.2) is 40.9 Å². The Kier molecular flexibility index (Phi) is 6.33. The molecule has 0 atom stereocenters. The number of thioether (sulfide) groups is 1. The topological polar surface area (TPSA) is 51.5 Å². The van der Waals surface area contributed by atoms with Gasteiger partial charge in [-0.2, -0.15) is 0 Å². The van der Waals surface area contributed by atoms with Gasteiger partial charge in [0.05, 0.1) is 4.91 Å². The summed E-state index contributed by atoms with van der Waals surface area (Å²) >= 11 is 7.18. The van der Waals surface area contributed by atoms with Crippen molar-refractivity contribution in [2.24, 2.45) is 0 Å². The van der Waals surface area contributed by atoms with Crippen molar-refractivity contribution in [3.05, 3.63) is 56.7 Å². The van der Waals surface area contributed by atoms with E-state index in [0.29, 0.717) is 29.5 Å². The molecule has 1 aliphatic rings. The van der Waals surface area contributed by atoms with Crippen LogP contribution in [0, 0.1) is 20.8 Å². The lowest BCUT2D eigenvalue weighted by Crippen LogP contribution is -2.29. The average Bonchev–Trinajstić information content (AvgIpc) is 3.07. The number of carbonyl (C=O) groups is 2. The zero-order valence-corrected chi connectivity index (χ0v) is 18.0. The van der Waals surface area contributed by atoms with Crippen LogP contribution < -0.4 is 0 Å². The Hall–Kier alpha value is -2.02. The number of imide groups is 1. The second-order valence-electron chi connectivity index (χ2n) is 6.77. The summed E-state index contributed by atoms with van der Waals surface area (Å²) in [7, 11) is 1.60.